The number of amides is 1. The van der Waals surface area contributed by atoms with Crippen LogP contribution in [-0.2, 0) is 0 Å². The molecule has 0 aromatic heterocycles. The van der Waals surface area contributed by atoms with Crippen molar-refractivity contribution in [2.24, 2.45) is 5.92 Å². The summed E-state index contributed by atoms with van der Waals surface area (Å²) >= 11 is 0. The molecule has 1 aromatic carbocycles. The second-order valence-electron chi connectivity index (χ2n) is 5.32. The number of nitrogens with zero attached hydrogens (tertiary/aromatic N) is 1. The van der Waals surface area contributed by atoms with Gasteiger partial charge in [-0.2, -0.15) is 0 Å². The van der Waals surface area contributed by atoms with E-state index in [9.17, 15) is 4.79 Å². The summed E-state index contributed by atoms with van der Waals surface area (Å²) in [6.07, 6.45) is 2.38. The minimum Gasteiger partial charge on any atom is -0.338 e. The molecule has 0 aliphatic carbocycles. The lowest BCUT2D eigenvalue weighted by atomic mass is 9.98. The van der Waals surface area contributed by atoms with E-state index in [2.05, 4.69) is 19.9 Å². The van der Waals surface area contributed by atoms with Crippen LogP contribution in [-0.4, -0.2) is 23.9 Å². The van der Waals surface area contributed by atoms with Crippen LogP contribution in [0, 0.1) is 19.8 Å². The lowest BCUT2D eigenvalue weighted by Crippen LogP contribution is -2.39. The van der Waals surface area contributed by atoms with Crippen molar-refractivity contribution in [2.45, 2.75) is 33.6 Å². The van der Waals surface area contributed by atoms with E-state index in [-0.39, 0.29) is 5.91 Å². The van der Waals surface area contributed by atoms with Gasteiger partial charge < -0.3 is 4.90 Å². The maximum atomic E-state index is 12.4. The Balaban J connectivity index is 2.18. The molecule has 0 bridgehead atoms. The Kier molecular flexibility index (Phi) is 3.51. The minimum atomic E-state index is 0.203. The zero-order valence-electron chi connectivity index (χ0n) is 11.0. The summed E-state index contributed by atoms with van der Waals surface area (Å²) in [5.74, 6) is 0.840. The van der Waals surface area contributed by atoms with Crippen molar-refractivity contribution in [2.75, 3.05) is 13.1 Å². The fourth-order valence-electron chi connectivity index (χ4n) is 2.60. The van der Waals surface area contributed by atoms with Gasteiger partial charge in [0, 0.05) is 18.7 Å². The summed E-state index contributed by atoms with van der Waals surface area (Å²) in [7, 11) is 0. The van der Waals surface area contributed by atoms with Gasteiger partial charge >= 0.3 is 0 Å². The Morgan fingerprint density at radius 3 is 2.76 bits per heavy atom. The Bertz CT molecular complexity index is 425. The van der Waals surface area contributed by atoms with Crippen LogP contribution in [0.1, 0.15) is 41.3 Å². The third-order valence-corrected chi connectivity index (χ3v) is 3.56. The standard InChI is InChI=1S/C15H21NO/c1-11-6-7-14(13(3)9-11)15(17)16-8-4-5-12(2)10-16/h6-7,9,12H,4-5,8,10H2,1-3H3/t12-/m0/s1. The number of benzene rings is 1. The predicted octanol–water partition coefficient (Wildman–Crippen LogP) is 3.18. The third kappa shape index (κ3) is 2.68. The molecule has 1 fully saturated rings. The van der Waals surface area contributed by atoms with Gasteiger partial charge in [-0.1, -0.05) is 24.6 Å². The van der Waals surface area contributed by atoms with Crippen molar-refractivity contribution >= 4 is 5.91 Å². The van der Waals surface area contributed by atoms with Crippen molar-refractivity contribution in [1.29, 1.82) is 0 Å². The van der Waals surface area contributed by atoms with Gasteiger partial charge in [-0.25, -0.2) is 0 Å². The van der Waals surface area contributed by atoms with Crippen LogP contribution in [0.5, 0.6) is 0 Å². The quantitative estimate of drug-likeness (QED) is 0.727. The number of rotatable bonds is 1. The third-order valence-electron chi connectivity index (χ3n) is 3.56. The predicted molar refractivity (Wildman–Crippen MR) is 70.2 cm³/mol. The van der Waals surface area contributed by atoms with E-state index in [1.165, 1.54) is 12.0 Å². The monoisotopic (exact) mass is 231 g/mol. The van der Waals surface area contributed by atoms with E-state index in [1.807, 2.05) is 24.0 Å². The molecule has 0 spiro atoms. The van der Waals surface area contributed by atoms with Gasteiger partial charge in [-0.3, -0.25) is 4.79 Å². The van der Waals surface area contributed by atoms with Gasteiger partial charge in [0.15, 0.2) is 0 Å². The van der Waals surface area contributed by atoms with Crippen molar-refractivity contribution in [1.82, 2.24) is 4.90 Å². The first-order valence-electron chi connectivity index (χ1n) is 6.44. The number of hydrogen-bond acceptors (Lipinski definition) is 1. The van der Waals surface area contributed by atoms with Crippen molar-refractivity contribution in [3.8, 4) is 0 Å². The van der Waals surface area contributed by atoms with E-state index < -0.39 is 0 Å². The zero-order valence-corrected chi connectivity index (χ0v) is 11.0. The molecule has 0 N–H and O–H groups in total. The average molecular weight is 231 g/mol. The van der Waals surface area contributed by atoms with Crippen LogP contribution >= 0.6 is 0 Å². The van der Waals surface area contributed by atoms with Gasteiger partial charge in [0.05, 0.1) is 0 Å². The van der Waals surface area contributed by atoms with Crippen molar-refractivity contribution in [3.05, 3.63) is 34.9 Å². The molecule has 92 valence electrons. The number of likely N-dealkylation sites (tertiary alicyclic amines) is 1. The maximum absolute atomic E-state index is 12.4. The van der Waals surface area contributed by atoms with Crippen LogP contribution in [0.15, 0.2) is 18.2 Å². The smallest absolute Gasteiger partial charge is 0.254 e. The minimum absolute atomic E-state index is 0.203. The summed E-state index contributed by atoms with van der Waals surface area (Å²) in [5, 5.41) is 0. The van der Waals surface area contributed by atoms with Gasteiger partial charge in [-0.15, -0.1) is 0 Å². The van der Waals surface area contributed by atoms with Crippen LogP contribution in [0.25, 0.3) is 0 Å². The Labute approximate surface area is 104 Å². The molecule has 2 heteroatoms. The highest BCUT2D eigenvalue weighted by Crippen LogP contribution is 2.19. The fraction of sp³-hybridized carbons (Fsp3) is 0.533. The molecule has 1 aliphatic heterocycles. The van der Waals surface area contributed by atoms with Crippen LogP contribution < -0.4 is 0 Å². The van der Waals surface area contributed by atoms with Gasteiger partial charge in [0.25, 0.3) is 5.91 Å². The summed E-state index contributed by atoms with van der Waals surface area (Å²) in [6.45, 7) is 8.13. The van der Waals surface area contributed by atoms with Crippen LogP contribution in [0.3, 0.4) is 0 Å². The normalized spacial score (nSPS) is 20.4. The molecular weight excluding hydrogens is 210 g/mol. The number of piperidine rings is 1. The molecule has 17 heavy (non-hydrogen) atoms. The molecular formula is C15H21NO. The summed E-state index contributed by atoms with van der Waals surface area (Å²) in [5.41, 5.74) is 3.17. The first-order chi connectivity index (χ1) is 8.08. The molecule has 1 aromatic rings. The molecule has 1 amide bonds. The molecule has 2 nitrogen and oxygen atoms in total. The van der Waals surface area contributed by atoms with E-state index >= 15 is 0 Å². The Morgan fingerprint density at radius 2 is 2.12 bits per heavy atom. The first kappa shape index (κ1) is 12.2. The number of aryl methyl sites for hydroxylation is 2. The summed E-state index contributed by atoms with van der Waals surface area (Å²) in [4.78, 5) is 14.4. The van der Waals surface area contributed by atoms with Crippen molar-refractivity contribution in [3.63, 3.8) is 0 Å². The Morgan fingerprint density at radius 1 is 1.35 bits per heavy atom. The molecule has 0 unspecified atom stereocenters. The highest BCUT2D eigenvalue weighted by molar-refractivity contribution is 5.95. The molecule has 0 saturated carbocycles. The molecule has 1 atom stereocenters. The summed E-state index contributed by atoms with van der Waals surface area (Å²) in [6, 6.07) is 6.07. The van der Waals surface area contributed by atoms with Crippen LogP contribution in [0.4, 0.5) is 0 Å². The SMILES string of the molecule is Cc1ccc(C(=O)N2CCC[C@H](C)C2)c(C)c1. The molecule has 0 radical (unpaired) electrons. The lowest BCUT2D eigenvalue weighted by Gasteiger charge is -2.31. The average Bonchev–Trinajstić information content (AvgIpc) is 2.28. The zero-order chi connectivity index (χ0) is 12.4. The fourth-order valence-corrected chi connectivity index (χ4v) is 2.60. The van der Waals surface area contributed by atoms with Gasteiger partial charge in [0.2, 0.25) is 0 Å². The number of carbonyl (C=O) groups excluding carboxylic acids is 1. The Hall–Kier alpha value is -1.31. The second-order valence-corrected chi connectivity index (χ2v) is 5.32. The van der Waals surface area contributed by atoms with Crippen molar-refractivity contribution < 1.29 is 4.79 Å². The topological polar surface area (TPSA) is 20.3 Å². The number of carbonyl (C=O) groups is 1. The van der Waals surface area contributed by atoms with E-state index in [1.54, 1.807) is 0 Å². The largest absolute Gasteiger partial charge is 0.338 e. The molecule has 2 rings (SSSR count). The molecule has 1 heterocycles. The van der Waals surface area contributed by atoms with Gasteiger partial charge in [-0.05, 0) is 44.2 Å². The highest BCUT2D eigenvalue weighted by atomic mass is 16.2. The van der Waals surface area contributed by atoms with Crippen LogP contribution in [0.2, 0.25) is 0 Å². The molecule has 1 saturated heterocycles. The lowest BCUT2D eigenvalue weighted by molar-refractivity contribution is 0.0682. The van der Waals surface area contributed by atoms with E-state index in [4.69, 9.17) is 0 Å². The van der Waals surface area contributed by atoms with E-state index in [0.29, 0.717) is 5.92 Å². The maximum Gasteiger partial charge on any atom is 0.254 e. The first-order valence-corrected chi connectivity index (χ1v) is 6.44. The second kappa shape index (κ2) is 4.91. The number of hydrogen-bond donors (Lipinski definition) is 0. The van der Waals surface area contributed by atoms with Gasteiger partial charge in [0.1, 0.15) is 0 Å². The van der Waals surface area contributed by atoms with E-state index in [0.717, 1.165) is 30.6 Å². The summed E-state index contributed by atoms with van der Waals surface area (Å²) < 4.78 is 0. The highest BCUT2D eigenvalue weighted by Gasteiger charge is 2.22. The molecule has 1 aliphatic rings.